The zero-order valence-electron chi connectivity index (χ0n) is 10.4. The number of aromatic nitrogens is 2. The summed E-state index contributed by atoms with van der Waals surface area (Å²) in [6.07, 6.45) is 0. The number of aryl methyl sites for hydroxylation is 1. The number of imidazole rings is 1. The van der Waals surface area contributed by atoms with Crippen LogP contribution in [-0.2, 0) is 6.61 Å². The normalized spacial score (nSPS) is 11.7. The van der Waals surface area contributed by atoms with Crippen molar-refractivity contribution in [3.05, 3.63) is 29.5 Å². The summed E-state index contributed by atoms with van der Waals surface area (Å²) < 4.78 is 5.62. The molecule has 0 amide bonds. The number of benzene rings is 1. The van der Waals surface area contributed by atoms with Crippen molar-refractivity contribution in [3.8, 4) is 17.0 Å². The van der Waals surface area contributed by atoms with Gasteiger partial charge in [0.2, 0.25) is 0 Å². The number of nitrogen functional groups attached to an aromatic ring is 1. The highest BCUT2D eigenvalue weighted by Gasteiger charge is 2.20. The second kappa shape index (κ2) is 4.49. The minimum absolute atomic E-state index is 0.442. The van der Waals surface area contributed by atoms with Crippen molar-refractivity contribution < 1.29 is 4.74 Å². The highest BCUT2D eigenvalue weighted by atomic mass is 16.5. The molecule has 1 aliphatic heterocycles. The molecule has 0 saturated carbocycles. The van der Waals surface area contributed by atoms with Gasteiger partial charge in [-0.25, -0.2) is 4.98 Å². The standard InChI is InChI=1S/C11H11N3O.C2H6/c1-6-2-3-7-9(4-6)15-5-8-10(7)14-11(12)13-8;1-2/h2-4H,5H2,1H3,(H3,12,13,14);1-2H3. The smallest absolute Gasteiger partial charge is 0.198 e. The Balaban J connectivity index is 0.000000514. The Labute approximate surface area is 101 Å². The van der Waals surface area contributed by atoms with E-state index >= 15 is 0 Å². The van der Waals surface area contributed by atoms with Crippen LogP contribution in [0.3, 0.4) is 0 Å². The lowest BCUT2D eigenvalue weighted by molar-refractivity contribution is 0.297. The van der Waals surface area contributed by atoms with Crippen molar-refractivity contribution in [2.45, 2.75) is 27.4 Å². The molecule has 0 atom stereocenters. The minimum atomic E-state index is 0.442. The van der Waals surface area contributed by atoms with Crippen LogP contribution < -0.4 is 10.5 Å². The molecule has 1 aromatic heterocycles. The molecule has 0 spiro atoms. The van der Waals surface area contributed by atoms with Gasteiger partial charge < -0.3 is 15.5 Å². The fourth-order valence-electron chi connectivity index (χ4n) is 1.85. The molecule has 0 fully saturated rings. The first-order valence-electron chi connectivity index (χ1n) is 5.82. The van der Waals surface area contributed by atoms with E-state index in [1.807, 2.05) is 39.0 Å². The maximum Gasteiger partial charge on any atom is 0.198 e. The lowest BCUT2D eigenvalue weighted by atomic mass is 10.1. The second-order valence-electron chi connectivity index (χ2n) is 3.74. The fraction of sp³-hybridized carbons (Fsp3) is 0.308. The van der Waals surface area contributed by atoms with Crippen LogP contribution in [0.2, 0.25) is 0 Å². The van der Waals surface area contributed by atoms with Gasteiger partial charge >= 0.3 is 0 Å². The van der Waals surface area contributed by atoms with Gasteiger partial charge in [-0.3, -0.25) is 0 Å². The molecule has 0 radical (unpaired) electrons. The van der Waals surface area contributed by atoms with E-state index in [1.54, 1.807) is 0 Å². The molecule has 0 saturated heterocycles. The lowest BCUT2D eigenvalue weighted by Gasteiger charge is -2.16. The molecule has 0 aliphatic carbocycles. The average molecular weight is 231 g/mol. The highest BCUT2D eigenvalue weighted by molar-refractivity contribution is 5.72. The van der Waals surface area contributed by atoms with Crippen LogP contribution in [-0.4, -0.2) is 9.97 Å². The van der Waals surface area contributed by atoms with Gasteiger partial charge in [0, 0.05) is 5.56 Å². The Morgan fingerprint density at radius 1 is 1.35 bits per heavy atom. The van der Waals surface area contributed by atoms with Crippen molar-refractivity contribution in [1.29, 1.82) is 0 Å². The van der Waals surface area contributed by atoms with E-state index < -0.39 is 0 Å². The monoisotopic (exact) mass is 231 g/mol. The number of H-pyrrole nitrogens is 1. The molecule has 17 heavy (non-hydrogen) atoms. The lowest BCUT2D eigenvalue weighted by Crippen LogP contribution is -2.05. The molecule has 2 heterocycles. The van der Waals surface area contributed by atoms with Crippen LogP contribution in [0.25, 0.3) is 11.3 Å². The summed E-state index contributed by atoms with van der Waals surface area (Å²) in [5.74, 6) is 1.33. The number of anilines is 1. The summed E-state index contributed by atoms with van der Waals surface area (Å²) in [4.78, 5) is 7.26. The molecule has 2 aromatic rings. The van der Waals surface area contributed by atoms with Gasteiger partial charge in [-0.1, -0.05) is 19.9 Å². The predicted octanol–water partition coefficient (Wildman–Crippen LogP) is 2.89. The molecular formula is C13H17N3O. The molecule has 3 N–H and O–H groups in total. The first-order chi connectivity index (χ1) is 8.24. The topological polar surface area (TPSA) is 63.9 Å². The zero-order valence-corrected chi connectivity index (χ0v) is 10.4. The number of nitrogens with one attached hydrogen (secondary N) is 1. The zero-order chi connectivity index (χ0) is 12.4. The Hall–Kier alpha value is -1.97. The molecule has 4 nitrogen and oxygen atoms in total. The molecule has 3 rings (SSSR count). The Morgan fingerprint density at radius 3 is 2.88 bits per heavy atom. The van der Waals surface area contributed by atoms with E-state index in [0.29, 0.717) is 12.6 Å². The molecule has 1 aromatic carbocycles. The summed E-state index contributed by atoms with van der Waals surface area (Å²) in [6.45, 7) is 6.55. The molecule has 4 heteroatoms. The number of aromatic amines is 1. The SMILES string of the molecule is CC.Cc1ccc2c(c1)OCc1[nH]c(N)nc1-2. The average Bonchev–Trinajstić information content (AvgIpc) is 2.72. The first kappa shape index (κ1) is 11.5. The Kier molecular flexibility index (Phi) is 3.04. The minimum Gasteiger partial charge on any atom is -0.487 e. The molecule has 1 aliphatic rings. The fourth-order valence-corrected chi connectivity index (χ4v) is 1.85. The largest absolute Gasteiger partial charge is 0.487 e. The van der Waals surface area contributed by atoms with Crippen molar-refractivity contribution in [2.24, 2.45) is 0 Å². The van der Waals surface area contributed by atoms with Gasteiger partial charge in [0.1, 0.15) is 18.1 Å². The van der Waals surface area contributed by atoms with Crippen LogP contribution in [0, 0.1) is 6.92 Å². The molecule has 0 unspecified atom stereocenters. The number of fused-ring (bicyclic) bond motifs is 3. The maximum absolute atomic E-state index is 5.62. The quantitative estimate of drug-likeness (QED) is 0.732. The van der Waals surface area contributed by atoms with Crippen molar-refractivity contribution >= 4 is 5.95 Å². The van der Waals surface area contributed by atoms with Crippen molar-refractivity contribution in [1.82, 2.24) is 9.97 Å². The van der Waals surface area contributed by atoms with Crippen LogP contribution in [0.15, 0.2) is 18.2 Å². The van der Waals surface area contributed by atoms with E-state index in [1.165, 1.54) is 5.56 Å². The number of nitrogens with two attached hydrogens (primary N) is 1. The van der Waals surface area contributed by atoms with Crippen molar-refractivity contribution in [3.63, 3.8) is 0 Å². The number of hydrogen-bond donors (Lipinski definition) is 2. The first-order valence-corrected chi connectivity index (χ1v) is 5.82. The van der Waals surface area contributed by atoms with Crippen LogP contribution in [0.1, 0.15) is 25.1 Å². The predicted molar refractivity (Wildman–Crippen MR) is 68.9 cm³/mol. The number of nitrogens with zero attached hydrogens (tertiary/aromatic N) is 1. The van der Waals surface area contributed by atoms with Gasteiger partial charge in [0.15, 0.2) is 5.95 Å². The summed E-state index contributed by atoms with van der Waals surface area (Å²) in [6, 6.07) is 6.08. The van der Waals surface area contributed by atoms with Gasteiger partial charge in [0.05, 0.1) is 5.69 Å². The maximum atomic E-state index is 5.62. The second-order valence-corrected chi connectivity index (χ2v) is 3.74. The summed E-state index contributed by atoms with van der Waals surface area (Å²) in [5.41, 5.74) is 9.67. The number of hydrogen-bond acceptors (Lipinski definition) is 3. The molecule has 0 bridgehead atoms. The molecule has 90 valence electrons. The Bertz CT molecular complexity index is 531. The van der Waals surface area contributed by atoms with Gasteiger partial charge in [-0.15, -0.1) is 0 Å². The van der Waals surface area contributed by atoms with Crippen LogP contribution in [0.4, 0.5) is 5.95 Å². The van der Waals surface area contributed by atoms with E-state index in [9.17, 15) is 0 Å². The number of ether oxygens (including phenoxy) is 1. The van der Waals surface area contributed by atoms with Crippen LogP contribution in [0.5, 0.6) is 5.75 Å². The highest BCUT2D eigenvalue weighted by Crippen LogP contribution is 2.36. The van der Waals surface area contributed by atoms with Gasteiger partial charge in [-0.2, -0.15) is 0 Å². The van der Waals surface area contributed by atoms with E-state index in [2.05, 4.69) is 9.97 Å². The number of rotatable bonds is 0. The van der Waals surface area contributed by atoms with Gasteiger partial charge in [-0.05, 0) is 24.6 Å². The summed E-state index contributed by atoms with van der Waals surface area (Å²) in [5, 5.41) is 0. The summed E-state index contributed by atoms with van der Waals surface area (Å²) >= 11 is 0. The van der Waals surface area contributed by atoms with Gasteiger partial charge in [0.25, 0.3) is 0 Å². The third-order valence-electron chi connectivity index (χ3n) is 2.56. The molecular weight excluding hydrogens is 214 g/mol. The third kappa shape index (κ3) is 1.98. The van der Waals surface area contributed by atoms with Crippen LogP contribution >= 0.6 is 0 Å². The van der Waals surface area contributed by atoms with Crippen molar-refractivity contribution in [2.75, 3.05) is 5.73 Å². The Morgan fingerprint density at radius 2 is 2.12 bits per heavy atom. The third-order valence-corrected chi connectivity index (χ3v) is 2.56. The van der Waals surface area contributed by atoms with E-state index in [-0.39, 0.29) is 0 Å². The van der Waals surface area contributed by atoms with E-state index in [4.69, 9.17) is 10.5 Å². The summed E-state index contributed by atoms with van der Waals surface area (Å²) in [7, 11) is 0. The van der Waals surface area contributed by atoms with E-state index in [0.717, 1.165) is 22.7 Å².